The van der Waals surface area contributed by atoms with Crippen LogP contribution in [0.5, 0.6) is 0 Å². The predicted molar refractivity (Wildman–Crippen MR) is 48.1 cm³/mol. The largest absolute Gasteiger partial charge is 0.0727 e. The van der Waals surface area contributed by atoms with Crippen LogP contribution in [0.3, 0.4) is 0 Å². The lowest BCUT2D eigenvalue weighted by molar-refractivity contribution is 0.867. The van der Waals surface area contributed by atoms with Gasteiger partial charge in [-0.2, -0.15) is 0 Å². The highest BCUT2D eigenvalue weighted by atomic mass is 14.1. The van der Waals surface area contributed by atoms with E-state index in [0.29, 0.717) is 0 Å². The first-order valence-electron chi connectivity index (χ1n) is 4.10. The molecule has 0 spiro atoms. The summed E-state index contributed by atoms with van der Waals surface area (Å²) in [5, 5.41) is 0. The highest BCUT2D eigenvalue weighted by Gasteiger charge is 2.04. The molecule has 58 valence electrons. The Bertz CT molecular complexity index is 187. The Labute approximate surface area is 65.1 Å². The van der Waals surface area contributed by atoms with Crippen LogP contribution in [0.25, 0.3) is 0 Å². The van der Waals surface area contributed by atoms with Crippen LogP contribution in [0, 0.1) is 0 Å². The van der Waals surface area contributed by atoms with Crippen molar-refractivity contribution in [1.82, 2.24) is 0 Å². The molecule has 0 N–H and O–H groups in total. The Balaban J connectivity index is 0.000001000. The minimum Gasteiger partial charge on any atom is -0.0727 e. The van der Waals surface area contributed by atoms with Gasteiger partial charge in [0.1, 0.15) is 0 Å². The maximum absolute atomic E-state index is 2.35. The van der Waals surface area contributed by atoms with E-state index in [4.69, 9.17) is 0 Å². The Morgan fingerprint density at radius 2 is 2.10 bits per heavy atom. The monoisotopic (exact) mass is 138 g/mol. The van der Waals surface area contributed by atoms with Crippen molar-refractivity contribution >= 4 is 0 Å². The molecular formula is C10H18. The van der Waals surface area contributed by atoms with Gasteiger partial charge in [-0.15, -0.1) is 0 Å². The molecular weight excluding hydrogens is 120 g/mol. The molecule has 1 aliphatic rings. The van der Waals surface area contributed by atoms with Crippen LogP contribution in [0.15, 0.2) is 22.8 Å². The van der Waals surface area contributed by atoms with Crippen LogP contribution in [0.4, 0.5) is 0 Å². The number of rotatable bonds is 1. The summed E-state index contributed by atoms with van der Waals surface area (Å²) in [6.07, 6.45) is 6.10. The van der Waals surface area contributed by atoms with Crippen molar-refractivity contribution in [2.24, 2.45) is 0 Å². The predicted octanol–water partition coefficient (Wildman–Crippen LogP) is 3.70. The zero-order valence-electron chi connectivity index (χ0n) is 7.20. The van der Waals surface area contributed by atoms with Crippen LogP contribution >= 0.6 is 0 Å². The van der Waals surface area contributed by atoms with E-state index in [-0.39, 0.29) is 1.43 Å². The summed E-state index contributed by atoms with van der Waals surface area (Å²) in [5.74, 6) is 0. The molecule has 0 atom stereocenters. The molecule has 0 radical (unpaired) electrons. The topological polar surface area (TPSA) is 0 Å². The first kappa shape index (κ1) is 7.59. The van der Waals surface area contributed by atoms with Gasteiger partial charge in [0.2, 0.25) is 0 Å². The molecule has 0 nitrogen and oxygen atoms in total. The fraction of sp³-hybridized carbons (Fsp3) is 0.600. The molecule has 1 aliphatic carbocycles. The molecule has 0 aromatic rings. The highest BCUT2D eigenvalue weighted by molar-refractivity contribution is 5.31. The van der Waals surface area contributed by atoms with Gasteiger partial charge in [-0.3, -0.25) is 0 Å². The maximum atomic E-state index is 2.35. The van der Waals surface area contributed by atoms with Gasteiger partial charge >= 0.3 is 0 Å². The summed E-state index contributed by atoms with van der Waals surface area (Å²) in [6.45, 7) is 6.71. The fourth-order valence-electron chi connectivity index (χ4n) is 1.44. The first-order valence-corrected chi connectivity index (χ1v) is 4.10. The summed E-state index contributed by atoms with van der Waals surface area (Å²) in [6, 6.07) is 0. The Morgan fingerprint density at radius 1 is 1.40 bits per heavy atom. The van der Waals surface area contributed by atoms with Crippen molar-refractivity contribution in [2.75, 3.05) is 0 Å². The second-order valence-electron chi connectivity index (χ2n) is 3.15. The number of hydrogen-bond acceptors (Lipinski definition) is 0. The average molecular weight is 138 g/mol. The van der Waals surface area contributed by atoms with Crippen LogP contribution < -0.4 is 0 Å². The van der Waals surface area contributed by atoms with E-state index >= 15 is 0 Å². The van der Waals surface area contributed by atoms with Crippen molar-refractivity contribution in [3.8, 4) is 0 Å². The zero-order valence-corrected chi connectivity index (χ0v) is 7.20. The summed E-state index contributed by atoms with van der Waals surface area (Å²) in [7, 11) is 0. The van der Waals surface area contributed by atoms with Gasteiger partial charge < -0.3 is 0 Å². The molecule has 0 amide bonds. The molecule has 0 unspecified atom stereocenters. The number of allylic oxidation sites excluding steroid dienone is 4. The van der Waals surface area contributed by atoms with Crippen LogP contribution in [0.2, 0.25) is 0 Å². The van der Waals surface area contributed by atoms with Gasteiger partial charge in [0.25, 0.3) is 0 Å². The van der Waals surface area contributed by atoms with Gasteiger partial charge in [0, 0.05) is 1.43 Å². The van der Waals surface area contributed by atoms with Crippen molar-refractivity contribution < 1.29 is 1.43 Å². The van der Waals surface area contributed by atoms with E-state index in [1.165, 1.54) is 19.3 Å². The lowest BCUT2D eigenvalue weighted by Crippen LogP contribution is -1.93. The molecule has 0 saturated heterocycles. The third-order valence-electron chi connectivity index (χ3n) is 2.24. The van der Waals surface area contributed by atoms with Gasteiger partial charge in [-0.1, -0.05) is 24.1 Å². The smallest absolute Gasteiger partial charge is 0 e. The van der Waals surface area contributed by atoms with Crippen LogP contribution in [-0.2, 0) is 0 Å². The summed E-state index contributed by atoms with van der Waals surface area (Å²) >= 11 is 0. The first-order chi connectivity index (χ1) is 4.74. The SMILES string of the molecule is CCC1=C(C)CCC(C)=C1.[HH]. The van der Waals surface area contributed by atoms with E-state index in [1.807, 2.05) is 0 Å². The summed E-state index contributed by atoms with van der Waals surface area (Å²) in [5.41, 5.74) is 4.69. The third kappa shape index (κ3) is 1.50. The van der Waals surface area contributed by atoms with Gasteiger partial charge in [0.15, 0.2) is 0 Å². The summed E-state index contributed by atoms with van der Waals surface area (Å²) in [4.78, 5) is 0. The van der Waals surface area contributed by atoms with E-state index in [2.05, 4.69) is 26.8 Å². The van der Waals surface area contributed by atoms with E-state index in [9.17, 15) is 0 Å². The number of hydrogen-bond donors (Lipinski definition) is 0. The zero-order chi connectivity index (χ0) is 7.56. The molecule has 0 heteroatoms. The van der Waals surface area contributed by atoms with Gasteiger partial charge in [0.05, 0.1) is 0 Å². The second kappa shape index (κ2) is 3.05. The fourth-order valence-corrected chi connectivity index (χ4v) is 1.44. The standard InChI is InChI=1S/C10H16.H2/c1-4-10-7-8(2)5-6-9(10)3;/h7H,4-6H2,1-3H3;1H. The quantitative estimate of drug-likeness (QED) is 0.518. The van der Waals surface area contributed by atoms with Gasteiger partial charge in [-0.25, -0.2) is 0 Å². The molecule has 0 bridgehead atoms. The molecule has 0 aromatic carbocycles. The van der Waals surface area contributed by atoms with E-state index < -0.39 is 0 Å². The minimum atomic E-state index is 0. The lowest BCUT2D eigenvalue weighted by Gasteiger charge is -2.13. The van der Waals surface area contributed by atoms with Crippen molar-refractivity contribution in [3.05, 3.63) is 22.8 Å². The second-order valence-corrected chi connectivity index (χ2v) is 3.15. The minimum absolute atomic E-state index is 0. The molecule has 1 rings (SSSR count). The normalized spacial score (nSPS) is 19.3. The summed E-state index contributed by atoms with van der Waals surface area (Å²) < 4.78 is 0. The Morgan fingerprint density at radius 3 is 2.60 bits per heavy atom. The maximum Gasteiger partial charge on any atom is 0 e. The van der Waals surface area contributed by atoms with Crippen molar-refractivity contribution in [3.63, 3.8) is 0 Å². The molecule has 10 heavy (non-hydrogen) atoms. The molecule has 0 saturated carbocycles. The van der Waals surface area contributed by atoms with Gasteiger partial charge in [-0.05, 0) is 38.7 Å². The molecule has 0 aliphatic heterocycles. The Kier molecular flexibility index (Phi) is 2.31. The van der Waals surface area contributed by atoms with Crippen LogP contribution in [-0.4, -0.2) is 0 Å². The van der Waals surface area contributed by atoms with E-state index in [0.717, 1.165) is 0 Å². The van der Waals surface area contributed by atoms with Crippen molar-refractivity contribution in [2.45, 2.75) is 40.0 Å². The molecule has 0 heterocycles. The highest BCUT2D eigenvalue weighted by Crippen LogP contribution is 2.24. The Hall–Kier alpha value is -0.520. The van der Waals surface area contributed by atoms with Crippen molar-refractivity contribution in [1.29, 1.82) is 0 Å². The van der Waals surface area contributed by atoms with Crippen LogP contribution in [0.1, 0.15) is 41.5 Å². The van der Waals surface area contributed by atoms with E-state index in [1.54, 1.807) is 16.7 Å². The average Bonchev–Trinajstić information content (AvgIpc) is 1.94. The lowest BCUT2D eigenvalue weighted by atomic mass is 9.93. The molecule has 0 aromatic heterocycles. The third-order valence-corrected chi connectivity index (χ3v) is 2.24. The molecule has 0 fully saturated rings.